The van der Waals surface area contributed by atoms with Gasteiger partial charge in [0.05, 0.1) is 7.11 Å². The first-order valence-corrected chi connectivity index (χ1v) is 16.8. The van der Waals surface area contributed by atoms with Crippen molar-refractivity contribution in [1.82, 2.24) is 15.0 Å². The summed E-state index contributed by atoms with van der Waals surface area (Å²) in [6, 6.07) is -0.618. The van der Waals surface area contributed by atoms with Gasteiger partial charge in [0.25, 0.3) is 0 Å². The Morgan fingerprint density at radius 2 is 1.57 bits per heavy atom. The van der Waals surface area contributed by atoms with Crippen LogP contribution in [0.1, 0.15) is 90.1 Å². The number of carbonyl (C=O) groups excluding carboxylic acids is 3. The molecule has 0 aromatic carbocycles. The number of carbonyl (C=O) groups is 3. The maximum Gasteiger partial charge on any atom is 2.00 e. The summed E-state index contributed by atoms with van der Waals surface area (Å²) in [6.07, 6.45) is 11.8. The average Bonchev–Trinajstić information content (AvgIpc) is 3.80. The van der Waals surface area contributed by atoms with E-state index in [4.69, 9.17) is 29.7 Å². The first kappa shape index (κ1) is 36.3. The zero-order chi connectivity index (χ0) is 34.4. The molecule has 3 atom stereocenters. The molecule has 6 rings (SSSR count). The monoisotopic (exact) mass is 670 g/mol. The number of nitrogens with zero attached hydrogens (tertiary/aromatic N) is 4. The number of ether oxygens (including phenoxy) is 2. The van der Waals surface area contributed by atoms with Crippen LogP contribution in [0.4, 0.5) is 0 Å². The largest absolute Gasteiger partial charge is 2.00 e. The Morgan fingerprint density at radius 3 is 2.24 bits per heavy atom. The summed E-state index contributed by atoms with van der Waals surface area (Å²) in [5, 5.41) is 8.02. The zero-order valence-corrected chi connectivity index (χ0v) is 31.1. The van der Waals surface area contributed by atoms with Crippen LogP contribution in [0, 0.1) is 32.6 Å². The maximum atomic E-state index is 14.1. The Bertz CT molecular complexity index is 2160. The number of Topliss-reactive ketones (excluding diaryl/α,β-unsaturated/α-hetero) is 1. The quantitative estimate of drug-likeness (QED) is 0.155. The van der Waals surface area contributed by atoms with Crippen molar-refractivity contribution in [2.75, 3.05) is 13.7 Å². The minimum absolute atomic E-state index is 0. The molecule has 0 fully saturated rings. The Hall–Kier alpha value is -4.02. The van der Waals surface area contributed by atoms with Gasteiger partial charge in [-0.15, -0.1) is 38.5 Å². The van der Waals surface area contributed by atoms with Gasteiger partial charge in [-0.2, -0.15) is 0 Å². The van der Waals surface area contributed by atoms with Gasteiger partial charge in [-0.05, 0) is 59.8 Å². The van der Waals surface area contributed by atoms with E-state index in [1.165, 1.54) is 7.11 Å². The second-order valence-electron chi connectivity index (χ2n) is 12.8. The molecule has 1 unspecified atom stereocenters. The predicted molar refractivity (Wildman–Crippen MR) is 190 cm³/mol. The molecule has 8 bridgehead atoms. The van der Waals surface area contributed by atoms with E-state index in [2.05, 4.69) is 33.8 Å². The number of hydrogen-bond acceptors (Lipinski definition) is 5. The SMILES string of the molecule is C/C=C\COC(=O)CC[C@H]1C(C)=C2/C=c3\[n-]/c(c(CC)c3C)=C\c3[n-]c(c(CC)c3C)/C=c3\[n-]c4c(c3C)C(=O)[C@H](C(=O)OC)C=4C1[N-]2.[Mg+2]. The Balaban J connectivity index is 0.00000468. The summed E-state index contributed by atoms with van der Waals surface area (Å²) < 4.78 is 10.6. The minimum Gasteiger partial charge on any atom is -0.678 e. The average molecular weight is 671 g/mol. The summed E-state index contributed by atoms with van der Waals surface area (Å²) in [5.74, 6) is -2.76. The molecule has 3 aliphatic rings. The molecule has 10 heteroatoms. The number of methoxy groups -OCH3 is 1. The van der Waals surface area contributed by atoms with Gasteiger partial charge in [-0.3, -0.25) is 14.4 Å². The van der Waals surface area contributed by atoms with Gasteiger partial charge in [0.1, 0.15) is 12.5 Å². The van der Waals surface area contributed by atoms with E-state index in [9.17, 15) is 14.4 Å². The van der Waals surface area contributed by atoms with Gasteiger partial charge in [-0.25, -0.2) is 0 Å². The molecule has 0 saturated heterocycles. The molecule has 0 radical (unpaired) electrons. The minimum atomic E-state index is -1.17. The van der Waals surface area contributed by atoms with Crippen molar-refractivity contribution in [3.05, 3.63) is 94.9 Å². The molecule has 3 aromatic rings. The van der Waals surface area contributed by atoms with E-state index >= 15 is 0 Å². The fraction of sp³-hybridized carbons (Fsp3) is 0.410. The molecule has 3 aromatic heterocycles. The number of allylic oxidation sites excluding steroid dienone is 2. The number of fused-ring (bicyclic) bond motifs is 8. The van der Waals surface area contributed by atoms with Crippen LogP contribution in [0.15, 0.2) is 23.4 Å². The van der Waals surface area contributed by atoms with E-state index < -0.39 is 17.9 Å². The molecule has 9 nitrogen and oxygen atoms in total. The van der Waals surface area contributed by atoms with Crippen molar-refractivity contribution in [1.29, 1.82) is 0 Å². The van der Waals surface area contributed by atoms with Crippen molar-refractivity contribution < 1.29 is 23.9 Å². The van der Waals surface area contributed by atoms with Gasteiger partial charge in [0, 0.05) is 12.0 Å². The third-order valence-corrected chi connectivity index (χ3v) is 10.2. The molecular weight excluding hydrogens is 629 g/mol. The fourth-order valence-corrected chi connectivity index (χ4v) is 7.52. The number of rotatable bonds is 8. The van der Waals surface area contributed by atoms with Gasteiger partial charge < -0.3 is 29.7 Å². The van der Waals surface area contributed by atoms with Crippen molar-refractivity contribution in [2.24, 2.45) is 11.8 Å². The van der Waals surface area contributed by atoms with E-state index in [1.54, 1.807) is 6.08 Å². The molecule has 2 aliphatic heterocycles. The van der Waals surface area contributed by atoms with Crippen LogP contribution in [0.5, 0.6) is 0 Å². The fourth-order valence-electron chi connectivity index (χ4n) is 7.52. The second-order valence-corrected chi connectivity index (χ2v) is 12.8. The second kappa shape index (κ2) is 14.4. The van der Waals surface area contributed by atoms with Gasteiger partial charge in [0.15, 0.2) is 5.78 Å². The summed E-state index contributed by atoms with van der Waals surface area (Å²) in [5.41, 5.74) is 9.39. The van der Waals surface area contributed by atoms with Crippen molar-refractivity contribution in [2.45, 2.75) is 80.2 Å². The predicted octanol–water partition coefficient (Wildman–Crippen LogP) is 2.36. The molecular formula is C39H42MgN4O5-2. The van der Waals surface area contributed by atoms with Gasteiger partial charge >= 0.3 is 35.0 Å². The Kier molecular flexibility index (Phi) is 10.7. The molecule has 1 aliphatic carbocycles. The van der Waals surface area contributed by atoms with Crippen LogP contribution >= 0.6 is 0 Å². The van der Waals surface area contributed by atoms with Crippen LogP contribution in [0.2, 0.25) is 0 Å². The topological polar surface area (TPSA) is 126 Å². The van der Waals surface area contributed by atoms with Crippen molar-refractivity contribution in [3.63, 3.8) is 0 Å². The van der Waals surface area contributed by atoms with E-state index in [1.807, 2.05) is 39.0 Å². The third kappa shape index (κ3) is 6.18. The number of esters is 2. The maximum absolute atomic E-state index is 14.1. The smallest absolute Gasteiger partial charge is 0.678 e. The zero-order valence-electron chi connectivity index (χ0n) is 29.7. The molecule has 0 amide bonds. The van der Waals surface area contributed by atoms with E-state index in [-0.39, 0.29) is 53.8 Å². The number of hydrogen-bond donors (Lipinski definition) is 0. The van der Waals surface area contributed by atoms with Crippen molar-refractivity contribution in [3.8, 4) is 0 Å². The first-order valence-electron chi connectivity index (χ1n) is 16.8. The number of aromatic nitrogens is 3. The Morgan fingerprint density at radius 1 is 0.878 bits per heavy atom. The Labute approximate surface area is 302 Å². The molecule has 0 N–H and O–H groups in total. The normalized spacial score (nSPS) is 21.4. The summed E-state index contributed by atoms with van der Waals surface area (Å²) in [6.45, 7) is 14.3. The van der Waals surface area contributed by atoms with Crippen LogP contribution in [0.3, 0.4) is 0 Å². The van der Waals surface area contributed by atoms with Crippen molar-refractivity contribution >= 4 is 64.6 Å². The molecule has 49 heavy (non-hydrogen) atoms. The third-order valence-electron chi connectivity index (χ3n) is 10.2. The van der Waals surface area contributed by atoms with Crippen LogP contribution < -0.4 is 36.3 Å². The first-order chi connectivity index (χ1) is 23.0. The van der Waals surface area contributed by atoms with Crippen LogP contribution in [-0.4, -0.2) is 60.5 Å². The number of ketones is 1. The van der Waals surface area contributed by atoms with E-state index in [0.29, 0.717) is 33.8 Å². The summed E-state index contributed by atoms with van der Waals surface area (Å²) in [4.78, 5) is 55.5. The van der Waals surface area contributed by atoms with E-state index in [0.717, 1.165) is 68.5 Å². The van der Waals surface area contributed by atoms with Gasteiger partial charge in [0.2, 0.25) is 0 Å². The van der Waals surface area contributed by atoms with Crippen LogP contribution in [-0.2, 0) is 31.9 Å². The van der Waals surface area contributed by atoms with Crippen LogP contribution in [0.25, 0.3) is 29.1 Å². The molecule has 0 saturated carbocycles. The summed E-state index contributed by atoms with van der Waals surface area (Å²) in [7, 11) is 1.29. The standard InChI is InChI=1S/C39H43N4O5.Mg/c1-9-12-15-48-32(44)14-13-25-21(6)28-16-26-19(4)23(10-2)30(40-26)17-27-20(5)24(11-3)31(41-27)18-29-22(7)33-37(43-29)34(36(25)42-28)35(38(33)45)39(46)47-8;/h9,12,16-18,25,35-36H,10-11,13-15H2,1-8H3,(H-,40,41,45);/q-3;+2/p-1/b12-9-,26-16-;/t25-,35+,36?;/m0./s1. The molecule has 0 spiro atoms. The molecule has 252 valence electrons. The van der Waals surface area contributed by atoms with Gasteiger partial charge in [-0.1, -0.05) is 89.2 Å². The molecule has 5 heterocycles. The summed E-state index contributed by atoms with van der Waals surface area (Å²) >= 11 is 0.